The summed E-state index contributed by atoms with van der Waals surface area (Å²) in [5.41, 5.74) is 2.20. The van der Waals surface area contributed by atoms with Crippen molar-refractivity contribution < 1.29 is 14.3 Å². The van der Waals surface area contributed by atoms with Crippen molar-refractivity contribution in [2.45, 2.75) is 20.3 Å². The highest BCUT2D eigenvalue weighted by atomic mass is 19.1. The van der Waals surface area contributed by atoms with Crippen molar-refractivity contribution in [3.05, 3.63) is 53.0 Å². The lowest BCUT2D eigenvalue weighted by atomic mass is 10.0. The Morgan fingerprint density at radius 2 is 2.05 bits per heavy atom. The molecule has 1 aromatic carbocycles. The largest absolute Gasteiger partial charge is 0.478 e. The van der Waals surface area contributed by atoms with E-state index in [0.29, 0.717) is 28.9 Å². The van der Waals surface area contributed by atoms with Crippen molar-refractivity contribution in [3.8, 4) is 11.3 Å². The predicted molar refractivity (Wildman–Crippen MR) is 70.7 cm³/mol. The molecule has 0 aliphatic rings. The van der Waals surface area contributed by atoms with Crippen molar-refractivity contribution in [2.75, 3.05) is 0 Å². The Morgan fingerprint density at radius 1 is 1.37 bits per heavy atom. The standard InChI is InChI=1S/C15H14FNO2/c1-3-13-11(15(18)19)8-9(2)14(17-13)10-6-4-5-7-12(10)16/h4-8H,3H2,1-2H3,(H,18,19). The fourth-order valence-corrected chi connectivity index (χ4v) is 2.03. The number of benzene rings is 1. The van der Waals surface area contributed by atoms with Crippen molar-refractivity contribution in [2.24, 2.45) is 0 Å². The van der Waals surface area contributed by atoms with Crippen LogP contribution in [0.1, 0.15) is 28.5 Å². The number of carbonyl (C=O) groups is 1. The van der Waals surface area contributed by atoms with Gasteiger partial charge >= 0.3 is 5.97 Å². The molecule has 0 atom stereocenters. The van der Waals surface area contributed by atoms with Gasteiger partial charge in [-0.15, -0.1) is 0 Å². The number of rotatable bonds is 3. The van der Waals surface area contributed by atoms with E-state index in [1.54, 1.807) is 31.2 Å². The summed E-state index contributed by atoms with van der Waals surface area (Å²) in [4.78, 5) is 15.5. The first-order valence-corrected chi connectivity index (χ1v) is 6.03. The van der Waals surface area contributed by atoms with E-state index in [1.807, 2.05) is 6.92 Å². The number of hydrogen-bond donors (Lipinski definition) is 1. The average molecular weight is 259 g/mol. The molecule has 1 heterocycles. The van der Waals surface area contributed by atoms with E-state index in [9.17, 15) is 9.18 Å². The zero-order valence-electron chi connectivity index (χ0n) is 10.8. The molecule has 0 bridgehead atoms. The first-order chi connectivity index (χ1) is 9.04. The summed E-state index contributed by atoms with van der Waals surface area (Å²) in [6.45, 7) is 3.57. The van der Waals surface area contributed by atoms with Crippen molar-refractivity contribution >= 4 is 5.97 Å². The molecule has 1 N–H and O–H groups in total. The van der Waals surface area contributed by atoms with E-state index in [4.69, 9.17) is 5.11 Å². The SMILES string of the molecule is CCc1nc(-c2ccccc2F)c(C)cc1C(=O)O. The van der Waals surface area contributed by atoms with Gasteiger partial charge in [0, 0.05) is 5.56 Å². The van der Waals surface area contributed by atoms with E-state index in [0.717, 1.165) is 0 Å². The van der Waals surface area contributed by atoms with Crippen LogP contribution in [0.3, 0.4) is 0 Å². The molecule has 2 rings (SSSR count). The number of aromatic nitrogens is 1. The summed E-state index contributed by atoms with van der Waals surface area (Å²) in [7, 11) is 0. The van der Waals surface area contributed by atoms with Crippen LogP contribution in [0, 0.1) is 12.7 Å². The smallest absolute Gasteiger partial charge is 0.337 e. The van der Waals surface area contributed by atoms with Gasteiger partial charge < -0.3 is 5.11 Å². The molecule has 0 radical (unpaired) electrons. The van der Waals surface area contributed by atoms with E-state index in [1.165, 1.54) is 6.07 Å². The highest BCUT2D eigenvalue weighted by molar-refractivity contribution is 5.89. The zero-order valence-corrected chi connectivity index (χ0v) is 10.8. The molecule has 0 saturated heterocycles. The molecule has 0 aliphatic carbocycles. The normalized spacial score (nSPS) is 10.5. The maximum atomic E-state index is 13.8. The summed E-state index contributed by atoms with van der Waals surface area (Å²) in [6, 6.07) is 7.91. The minimum Gasteiger partial charge on any atom is -0.478 e. The number of halogens is 1. The van der Waals surface area contributed by atoms with Crippen LogP contribution < -0.4 is 0 Å². The number of aryl methyl sites for hydroxylation is 2. The third-order valence-corrected chi connectivity index (χ3v) is 2.99. The molecule has 0 saturated carbocycles. The molecular weight excluding hydrogens is 245 g/mol. The molecular formula is C15H14FNO2. The average Bonchev–Trinajstić information content (AvgIpc) is 2.39. The number of pyridine rings is 1. The maximum Gasteiger partial charge on any atom is 0.337 e. The highest BCUT2D eigenvalue weighted by Gasteiger charge is 2.16. The molecule has 0 amide bonds. The lowest BCUT2D eigenvalue weighted by molar-refractivity contribution is 0.0695. The second-order valence-electron chi connectivity index (χ2n) is 4.29. The molecule has 0 unspecified atom stereocenters. The Labute approximate surface area is 110 Å². The van der Waals surface area contributed by atoms with Gasteiger partial charge in [0.05, 0.1) is 17.0 Å². The Balaban J connectivity index is 2.66. The van der Waals surface area contributed by atoms with Crippen LogP contribution in [0.15, 0.2) is 30.3 Å². The van der Waals surface area contributed by atoms with E-state index in [-0.39, 0.29) is 11.4 Å². The monoisotopic (exact) mass is 259 g/mol. The molecule has 3 nitrogen and oxygen atoms in total. The summed E-state index contributed by atoms with van der Waals surface area (Å²) >= 11 is 0. The van der Waals surface area contributed by atoms with E-state index in [2.05, 4.69) is 4.98 Å². The Hall–Kier alpha value is -2.23. The van der Waals surface area contributed by atoms with Crippen LogP contribution in [0.25, 0.3) is 11.3 Å². The Kier molecular flexibility index (Phi) is 3.60. The third-order valence-electron chi connectivity index (χ3n) is 2.99. The molecule has 0 spiro atoms. The molecule has 0 fully saturated rings. The number of nitrogens with zero attached hydrogens (tertiary/aromatic N) is 1. The van der Waals surface area contributed by atoms with Gasteiger partial charge in [0.2, 0.25) is 0 Å². The summed E-state index contributed by atoms with van der Waals surface area (Å²) in [6.07, 6.45) is 0.489. The molecule has 1 aromatic heterocycles. The second-order valence-corrected chi connectivity index (χ2v) is 4.29. The summed E-state index contributed by atoms with van der Waals surface area (Å²) in [5, 5.41) is 9.12. The van der Waals surface area contributed by atoms with Crippen LogP contribution in [0.2, 0.25) is 0 Å². The first kappa shape index (κ1) is 13.2. The van der Waals surface area contributed by atoms with Gasteiger partial charge in [-0.3, -0.25) is 4.98 Å². The number of aromatic carboxylic acids is 1. The Morgan fingerprint density at radius 3 is 2.63 bits per heavy atom. The zero-order chi connectivity index (χ0) is 14.0. The minimum atomic E-state index is -1.01. The minimum absolute atomic E-state index is 0.181. The fraction of sp³-hybridized carbons (Fsp3) is 0.200. The van der Waals surface area contributed by atoms with Crippen LogP contribution in [0.5, 0.6) is 0 Å². The van der Waals surface area contributed by atoms with Crippen molar-refractivity contribution in [1.29, 1.82) is 0 Å². The lowest BCUT2D eigenvalue weighted by Gasteiger charge is -2.11. The molecule has 0 aliphatic heterocycles. The van der Waals surface area contributed by atoms with Gasteiger partial charge in [-0.1, -0.05) is 19.1 Å². The van der Waals surface area contributed by atoms with Crippen LogP contribution in [0.4, 0.5) is 4.39 Å². The van der Waals surface area contributed by atoms with Crippen molar-refractivity contribution in [3.63, 3.8) is 0 Å². The molecule has 4 heteroatoms. The highest BCUT2D eigenvalue weighted by Crippen LogP contribution is 2.26. The molecule has 98 valence electrons. The Bertz CT molecular complexity index is 638. The van der Waals surface area contributed by atoms with Gasteiger partial charge in [0.25, 0.3) is 0 Å². The van der Waals surface area contributed by atoms with Crippen LogP contribution in [-0.2, 0) is 6.42 Å². The fourth-order valence-electron chi connectivity index (χ4n) is 2.03. The van der Waals surface area contributed by atoms with E-state index < -0.39 is 5.97 Å². The van der Waals surface area contributed by atoms with Crippen LogP contribution >= 0.6 is 0 Å². The van der Waals surface area contributed by atoms with Gasteiger partial charge in [0.1, 0.15) is 5.82 Å². The quantitative estimate of drug-likeness (QED) is 0.918. The third kappa shape index (κ3) is 2.47. The second kappa shape index (κ2) is 5.18. The molecule has 2 aromatic rings. The van der Waals surface area contributed by atoms with Gasteiger partial charge in [0.15, 0.2) is 0 Å². The van der Waals surface area contributed by atoms with Crippen LogP contribution in [-0.4, -0.2) is 16.1 Å². The van der Waals surface area contributed by atoms with Crippen molar-refractivity contribution in [1.82, 2.24) is 4.98 Å². The summed E-state index contributed by atoms with van der Waals surface area (Å²) in [5.74, 6) is -1.37. The number of carboxylic acids is 1. The van der Waals surface area contributed by atoms with E-state index >= 15 is 0 Å². The topological polar surface area (TPSA) is 50.2 Å². The number of hydrogen-bond acceptors (Lipinski definition) is 2. The maximum absolute atomic E-state index is 13.8. The lowest BCUT2D eigenvalue weighted by Crippen LogP contribution is -2.07. The first-order valence-electron chi connectivity index (χ1n) is 6.03. The number of carboxylic acid groups (broad SMARTS) is 1. The van der Waals surface area contributed by atoms with Gasteiger partial charge in [-0.2, -0.15) is 0 Å². The molecule has 19 heavy (non-hydrogen) atoms. The summed E-state index contributed by atoms with van der Waals surface area (Å²) < 4.78 is 13.8. The van der Waals surface area contributed by atoms with Gasteiger partial charge in [-0.05, 0) is 37.1 Å². The van der Waals surface area contributed by atoms with Gasteiger partial charge in [-0.25, -0.2) is 9.18 Å². The predicted octanol–water partition coefficient (Wildman–Crippen LogP) is 3.46.